The van der Waals surface area contributed by atoms with E-state index in [2.05, 4.69) is 5.32 Å². The lowest BCUT2D eigenvalue weighted by molar-refractivity contribution is -0.133. The summed E-state index contributed by atoms with van der Waals surface area (Å²) in [4.78, 5) is 30.8. The van der Waals surface area contributed by atoms with E-state index in [1.807, 2.05) is 57.3 Å². The number of aryl methyl sites for hydroxylation is 3. The van der Waals surface area contributed by atoms with E-state index in [0.717, 1.165) is 33.6 Å². The van der Waals surface area contributed by atoms with Crippen LogP contribution in [-0.4, -0.2) is 34.8 Å². The van der Waals surface area contributed by atoms with Crippen LogP contribution < -0.4 is 5.32 Å². The van der Waals surface area contributed by atoms with E-state index in [0.29, 0.717) is 25.3 Å². The molecule has 0 bridgehead atoms. The van der Waals surface area contributed by atoms with E-state index in [9.17, 15) is 14.0 Å². The summed E-state index contributed by atoms with van der Waals surface area (Å²) in [5, 5.41) is 4.93. The van der Waals surface area contributed by atoms with Crippen LogP contribution >= 0.6 is 11.3 Å². The van der Waals surface area contributed by atoms with Crippen LogP contribution in [0, 0.1) is 26.6 Å². The van der Waals surface area contributed by atoms with Crippen molar-refractivity contribution < 1.29 is 14.0 Å². The summed E-state index contributed by atoms with van der Waals surface area (Å²) in [6, 6.07) is 13.7. The second-order valence-corrected chi connectivity index (χ2v) is 9.55. The zero-order valence-corrected chi connectivity index (χ0v) is 21.0. The molecular weight excluding hydrogens is 449 g/mol. The van der Waals surface area contributed by atoms with Gasteiger partial charge in [0.2, 0.25) is 5.91 Å². The van der Waals surface area contributed by atoms with Crippen molar-refractivity contribution in [2.24, 2.45) is 0 Å². The molecule has 2 aromatic carbocycles. The van der Waals surface area contributed by atoms with Gasteiger partial charge in [0, 0.05) is 23.7 Å². The van der Waals surface area contributed by atoms with Crippen LogP contribution in [0.3, 0.4) is 0 Å². The lowest BCUT2D eigenvalue weighted by atomic mass is 10.1. The number of urea groups is 1. The number of thiophene rings is 1. The molecule has 0 spiro atoms. The van der Waals surface area contributed by atoms with E-state index in [-0.39, 0.29) is 24.3 Å². The largest absolute Gasteiger partial charge is 0.332 e. The van der Waals surface area contributed by atoms with Crippen molar-refractivity contribution in [3.05, 3.63) is 86.9 Å². The van der Waals surface area contributed by atoms with Crippen LogP contribution in [0.1, 0.15) is 40.5 Å². The van der Waals surface area contributed by atoms with Crippen LogP contribution in [0.25, 0.3) is 0 Å². The van der Waals surface area contributed by atoms with Gasteiger partial charge >= 0.3 is 6.03 Å². The van der Waals surface area contributed by atoms with Crippen molar-refractivity contribution in [2.45, 2.75) is 47.2 Å². The van der Waals surface area contributed by atoms with Gasteiger partial charge in [0.1, 0.15) is 12.4 Å². The Morgan fingerprint density at radius 3 is 2.26 bits per heavy atom. The third-order valence-electron chi connectivity index (χ3n) is 5.81. The van der Waals surface area contributed by atoms with Crippen molar-refractivity contribution in [1.29, 1.82) is 0 Å². The minimum Gasteiger partial charge on any atom is -0.332 e. The molecule has 3 aromatic rings. The predicted octanol–water partition coefficient (Wildman–Crippen LogP) is 6.29. The molecule has 0 radical (unpaired) electrons. The van der Waals surface area contributed by atoms with Gasteiger partial charge < -0.3 is 15.1 Å². The first-order valence-electron chi connectivity index (χ1n) is 11.4. The highest BCUT2D eigenvalue weighted by atomic mass is 32.1. The molecule has 0 aliphatic carbocycles. The summed E-state index contributed by atoms with van der Waals surface area (Å²) >= 11 is 1.60. The molecule has 1 aromatic heterocycles. The second kappa shape index (κ2) is 11.8. The molecule has 0 aliphatic rings. The van der Waals surface area contributed by atoms with E-state index in [1.165, 1.54) is 12.1 Å². The first-order chi connectivity index (χ1) is 16.3. The Hall–Kier alpha value is -3.19. The number of benzene rings is 2. The molecule has 34 heavy (non-hydrogen) atoms. The molecule has 1 N–H and O–H groups in total. The fraction of sp³-hybridized carbons (Fsp3) is 0.333. The smallest absolute Gasteiger partial charge is 0.322 e. The van der Waals surface area contributed by atoms with Gasteiger partial charge in [-0.1, -0.05) is 25.1 Å². The summed E-state index contributed by atoms with van der Waals surface area (Å²) in [6.07, 6.45) is 0.732. The Balaban J connectivity index is 1.76. The van der Waals surface area contributed by atoms with Crippen LogP contribution in [0.5, 0.6) is 0 Å². The lowest BCUT2D eigenvalue weighted by Crippen LogP contribution is -2.44. The minimum absolute atomic E-state index is 0.0316. The highest BCUT2D eigenvalue weighted by molar-refractivity contribution is 7.10. The average molecular weight is 482 g/mol. The number of nitrogens with one attached hydrogen (secondary N) is 1. The first kappa shape index (κ1) is 25.4. The molecule has 0 saturated heterocycles. The molecule has 7 heteroatoms. The molecule has 3 rings (SSSR count). The van der Waals surface area contributed by atoms with Gasteiger partial charge in [0.25, 0.3) is 0 Å². The molecule has 0 aliphatic heterocycles. The zero-order chi connectivity index (χ0) is 24.7. The maximum atomic E-state index is 13.4. The Morgan fingerprint density at radius 2 is 1.65 bits per heavy atom. The predicted molar refractivity (Wildman–Crippen MR) is 137 cm³/mol. The number of anilines is 1. The molecule has 3 amide bonds. The maximum Gasteiger partial charge on any atom is 0.322 e. The standard InChI is InChI=1S/C27H32FN3O2S/c1-5-13-30(27(33)29-24-11-6-19(2)21(4)15-24)18-26(32)31(17-25-20(3)12-14-34-25)16-22-7-9-23(28)10-8-22/h6-12,14-15H,5,13,16-18H2,1-4H3,(H,29,33). The van der Waals surface area contributed by atoms with Crippen LogP contribution in [0.4, 0.5) is 14.9 Å². The summed E-state index contributed by atoms with van der Waals surface area (Å²) in [5.74, 6) is -0.464. The minimum atomic E-state index is -0.312. The van der Waals surface area contributed by atoms with E-state index in [1.54, 1.807) is 33.3 Å². The summed E-state index contributed by atoms with van der Waals surface area (Å²) in [7, 11) is 0. The fourth-order valence-electron chi connectivity index (χ4n) is 3.59. The number of amides is 3. The molecule has 5 nitrogen and oxygen atoms in total. The Bertz CT molecular complexity index is 1130. The maximum absolute atomic E-state index is 13.4. The summed E-state index contributed by atoms with van der Waals surface area (Å²) in [6.45, 7) is 9.24. The lowest BCUT2D eigenvalue weighted by Gasteiger charge is -2.28. The van der Waals surface area contributed by atoms with Gasteiger partial charge in [-0.3, -0.25) is 4.79 Å². The van der Waals surface area contributed by atoms with Gasteiger partial charge in [0.05, 0.1) is 6.54 Å². The van der Waals surface area contributed by atoms with Crippen molar-refractivity contribution in [3.63, 3.8) is 0 Å². The van der Waals surface area contributed by atoms with Crippen molar-refractivity contribution >= 4 is 29.0 Å². The quantitative estimate of drug-likeness (QED) is 0.391. The van der Waals surface area contributed by atoms with Gasteiger partial charge in [-0.25, -0.2) is 9.18 Å². The first-order valence-corrected chi connectivity index (χ1v) is 12.3. The monoisotopic (exact) mass is 481 g/mol. The molecule has 0 unspecified atom stereocenters. The van der Waals surface area contributed by atoms with Gasteiger partial charge in [-0.15, -0.1) is 11.3 Å². The normalized spacial score (nSPS) is 10.7. The molecule has 180 valence electrons. The second-order valence-electron chi connectivity index (χ2n) is 8.55. The fourth-order valence-corrected chi connectivity index (χ4v) is 4.51. The number of carbonyl (C=O) groups excluding carboxylic acids is 2. The number of carbonyl (C=O) groups is 2. The van der Waals surface area contributed by atoms with E-state index < -0.39 is 0 Å². The van der Waals surface area contributed by atoms with E-state index >= 15 is 0 Å². The molecule has 0 atom stereocenters. The van der Waals surface area contributed by atoms with Crippen molar-refractivity contribution in [3.8, 4) is 0 Å². The third kappa shape index (κ3) is 6.90. The number of nitrogens with zero attached hydrogens (tertiary/aromatic N) is 2. The average Bonchev–Trinajstić information content (AvgIpc) is 3.21. The SMILES string of the molecule is CCCN(CC(=O)N(Cc1ccc(F)cc1)Cc1sccc1C)C(=O)Nc1ccc(C)c(C)c1. The molecular formula is C27H32FN3O2S. The number of hydrogen-bond donors (Lipinski definition) is 1. The third-order valence-corrected chi connectivity index (χ3v) is 6.81. The highest BCUT2D eigenvalue weighted by Gasteiger charge is 2.22. The van der Waals surface area contributed by atoms with Crippen molar-refractivity contribution in [1.82, 2.24) is 9.80 Å². The van der Waals surface area contributed by atoms with E-state index in [4.69, 9.17) is 0 Å². The van der Waals surface area contributed by atoms with Gasteiger partial charge in [-0.2, -0.15) is 0 Å². The Kier molecular flexibility index (Phi) is 8.82. The summed E-state index contributed by atoms with van der Waals surface area (Å²) in [5.41, 5.74) is 4.91. The van der Waals surface area contributed by atoms with Crippen LogP contribution in [0.2, 0.25) is 0 Å². The molecule has 0 fully saturated rings. The number of halogens is 1. The molecule has 1 heterocycles. The highest BCUT2D eigenvalue weighted by Crippen LogP contribution is 2.20. The number of rotatable bonds is 9. The summed E-state index contributed by atoms with van der Waals surface area (Å²) < 4.78 is 13.4. The number of hydrogen-bond acceptors (Lipinski definition) is 3. The van der Waals surface area contributed by atoms with Crippen LogP contribution in [-0.2, 0) is 17.9 Å². The Morgan fingerprint density at radius 1 is 0.912 bits per heavy atom. The topological polar surface area (TPSA) is 52.7 Å². The van der Waals surface area contributed by atoms with Crippen molar-refractivity contribution in [2.75, 3.05) is 18.4 Å². The molecule has 0 saturated carbocycles. The Labute approximate surface area is 205 Å². The van der Waals surface area contributed by atoms with Gasteiger partial charge in [-0.05, 0) is 85.2 Å². The van der Waals surface area contributed by atoms with Crippen LogP contribution in [0.15, 0.2) is 53.9 Å². The van der Waals surface area contributed by atoms with Gasteiger partial charge in [0.15, 0.2) is 0 Å². The zero-order valence-electron chi connectivity index (χ0n) is 20.2.